The highest BCUT2D eigenvalue weighted by atomic mass is 16.5. The Morgan fingerprint density at radius 3 is 2.59 bits per heavy atom. The number of unbranched alkanes of at least 4 members (excludes halogenated alkanes) is 2. The lowest BCUT2D eigenvalue weighted by Crippen LogP contribution is -2.50. The Bertz CT molecular complexity index is 245. The minimum atomic E-state index is -0.414. The van der Waals surface area contributed by atoms with Gasteiger partial charge in [-0.25, -0.2) is 0 Å². The van der Waals surface area contributed by atoms with Crippen LogP contribution in [0.5, 0.6) is 0 Å². The molecule has 3 nitrogen and oxygen atoms in total. The summed E-state index contributed by atoms with van der Waals surface area (Å²) in [5.74, 6) is 0.505. The van der Waals surface area contributed by atoms with Crippen molar-refractivity contribution in [3.05, 3.63) is 0 Å². The predicted octanol–water partition coefficient (Wildman–Crippen LogP) is 2.87. The maximum absolute atomic E-state index is 9.42. The molecule has 0 aromatic rings. The van der Waals surface area contributed by atoms with E-state index in [-0.39, 0.29) is 0 Å². The summed E-state index contributed by atoms with van der Waals surface area (Å²) in [7, 11) is 0. The smallest absolute Gasteiger partial charge is 0.133 e. The second-order valence-corrected chi connectivity index (χ2v) is 5.04. The van der Waals surface area contributed by atoms with Crippen molar-refractivity contribution in [2.24, 2.45) is 5.92 Å². The molecule has 0 amide bonds. The van der Waals surface area contributed by atoms with Gasteiger partial charge < -0.3 is 4.74 Å². The molecule has 1 aliphatic carbocycles. The van der Waals surface area contributed by atoms with E-state index in [1.54, 1.807) is 0 Å². The summed E-state index contributed by atoms with van der Waals surface area (Å²) in [6, 6.07) is 2.47. The molecule has 98 valence electrons. The number of hydrogen-bond acceptors (Lipinski definition) is 3. The molecular weight excluding hydrogens is 212 g/mol. The monoisotopic (exact) mass is 238 g/mol. The Hall–Kier alpha value is -0.590. The average molecular weight is 238 g/mol. The quantitative estimate of drug-likeness (QED) is 0.595. The zero-order chi connectivity index (χ0) is 12.6. The highest BCUT2D eigenvalue weighted by Crippen LogP contribution is 2.39. The Morgan fingerprint density at radius 2 is 2.06 bits per heavy atom. The van der Waals surface area contributed by atoms with Crippen LogP contribution in [-0.2, 0) is 4.74 Å². The van der Waals surface area contributed by atoms with Crippen LogP contribution in [0.4, 0.5) is 0 Å². The maximum atomic E-state index is 9.42. The molecule has 17 heavy (non-hydrogen) atoms. The lowest BCUT2D eigenvalue weighted by molar-refractivity contribution is 0.0783. The summed E-state index contributed by atoms with van der Waals surface area (Å²) >= 11 is 0. The van der Waals surface area contributed by atoms with Gasteiger partial charge in [0.2, 0.25) is 0 Å². The Morgan fingerprint density at radius 1 is 1.29 bits per heavy atom. The molecule has 1 atom stereocenters. The topological polar surface area (TPSA) is 45.0 Å². The van der Waals surface area contributed by atoms with Crippen molar-refractivity contribution in [3.8, 4) is 6.07 Å². The van der Waals surface area contributed by atoms with Gasteiger partial charge in [0.05, 0.1) is 12.7 Å². The average Bonchev–Trinajstić information content (AvgIpc) is 3.18. The van der Waals surface area contributed by atoms with E-state index >= 15 is 0 Å². The fraction of sp³-hybridized carbons (Fsp3) is 0.929. The highest BCUT2D eigenvalue weighted by Gasteiger charge is 2.45. The first kappa shape index (κ1) is 14.5. The van der Waals surface area contributed by atoms with Crippen molar-refractivity contribution in [3.63, 3.8) is 0 Å². The third kappa shape index (κ3) is 4.65. The van der Waals surface area contributed by atoms with Crippen molar-refractivity contribution in [2.45, 2.75) is 57.9 Å². The van der Waals surface area contributed by atoms with Crippen LogP contribution in [0.15, 0.2) is 0 Å². The van der Waals surface area contributed by atoms with Gasteiger partial charge in [-0.3, -0.25) is 5.32 Å². The molecule has 0 aromatic heterocycles. The van der Waals surface area contributed by atoms with Gasteiger partial charge in [-0.05, 0) is 38.1 Å². The molecular formula is C14H26N2O. The summed E-state index contributed by atoms with van der Waals surface area (Å²) < 4.78 is 5.71. The summed E-state index contributed by atoms with van der Waals surface area (Å²) in [6.07, 6.45) is 6.93. The second kappa shape index (κ2) is 7.68. The van der Waals surface area contributed by atoms with Crippen LogP contribution in [0.2, 0.25) is 0 Å². The fourth-order valence-electron chi connectivity index (χ4n) is 2.09. The first-order valence-electron chi connectivity index (χ1n) is 7.03. The van der Waals surface area contributed by atoms with Crippen LogP contribution in [0.25, 0.3) is 0 Å². The molecule has 1 fully saturated rings. The van der Waals surface area contributed by atoms with Crippen LogP contribution in [0.1, 0.15) is 52.4 Å². The van der Waals surface area contributed by atoms with Crippen molar-refractivity contribution >= 4 is 0 Å². The third-order valence-corrected chi connectivity index (χ3v) is 3.39. The minimum absolute atomic E-state index is 0.414. The fourth-order valence-corrected chi connectivity index (χ4v) is 2.09. The molecule has 1 unspecified atom stereocenters. The molecule has 1 N–H and O–H groups in total. The van der Waals surface area contributed by atoms with Gasteiger partial charge in [0, 0.05) is 6.61 Å². The summed E-state index contributed by atoms with van der Waals surface area (Å²) in [5.41, 5.74) is -0.414. The largest absolute Gasteiger partial charge is 0.378 e. The molecule has 0 aliphatic heterocycles. The van der Waals surface area contributed by atoms with Crippen molar-refractivity contribution in [2.75, 3.05) is 19.8 Å². The van der Waals surface area contributed by atoms with E-state index in [1.807, 2.05) is 0 Å². The zero-order valence-electron chi connectivity index (χ0n) is 11.3. The number of nitrogens with zero attached hydrogens (tertiary/aromatic N) is 1. The van der Waals surface area contributed by atoms with Crippen LogP contribution < -0.4 is 5.32 Å². The number of nitrogens with one attached hydrogen (secondary N) is 1. The van der Waals surface area contributed by atoms with Crippen molar-refractivity contribution in [1.82, 2.24) is 5.32 Å². The first-order valence-corrected chi connectivity index (χ1v) is 7.03. The number of rotatable bonds is 10. The molecule has 3 heteroatoms. The van der Waals surface area contributed by atoms with E-state index in [0.717, 1.165) is 26.0 Å². The summed E-state index contributed by atoms with van der Waals surface area (Å²) in [5, 5.41) is 12.8. The summed E-state index contributed by atoms with van der Waals surface area (Å²) in [4.78, 5) is 0. The molecule has 0 radical (unpaired) electrons. The lowest BCUT2D eigenvalue weighted by atomic mass is 9.96. The van der Waals surface area contributed by atoms with Gasteiger partial charge in [0.1, 0.15) is 5.54 Å². The normalized spacial score (nSPS) is 18.6. The molecule has 1 rings (SSSR count). The molecule has 1 saturated carbocycles. The summed E-state index contributed by atoms with van der Waals surface area (Å²) in [6.45, 7) is 6.56. The van der Waals surface area contributed by atoms with Crippen LogP contribution in [-0.4, -0.2) is 25.3 Å². The second-order valence-electron chi connectivity index (χ2n) is 5.04. The molecule has 0 saturated heterocycles. The van der Waals surface area contributed by atoms with Gasteiger partial charge >= 0.3 is 0 Å². The molecule has 0 aromatic carbocycles. The molecule has 1 aliphatic rings. The van der Waals surface area contributed by atoms with Crippen molar-refractivity contribution < 1.29 is 4.74 Å². The SMILES string of the molecule is CCCCCOCC(C#N)(NCCC)C1CC1. The van der Waals surface area contributed by atoms with Gasteiger partial charge in [-0.2, -0.15) is 5.26 Å². The Kier molecular flexibility index (Phi) is 6.54. The van der Waals surface area contributed by atoms with E-state index in [2.05, 4.69) is 25.2 Å². The zero-order valence-corrected chi connectivity index (χ0v) is 11.3. The van der Waals surface area contributed by atoms with E-state index in [0.29, 0.717) is 12.5 Å². The lowest BCUT2D eigenvalue weighted by Gasteiger charge is -2.27. The first-order chi connectivity index (χ1) is 8.29. The Labute approximate surface area is 106 Å². The van der Waals surface area contributed by atoms with Gasteiger partial charge in [0.15, 0.2) is 0 Å². The van der Waals surface area contributed by atoms with E-state index in [4.69, 9.17) is 4.74 Å². The standard InChI is InChI=1S/C14H26N2O/c1-3-5-6-10-17-12-14(11-15,13-7-8-13)16-9-4-2/h13,16H,3-10,12H2,1-2H3. The van der Waals surface area contributed by atoms with Crippen LogP contribution in [0.3, 0.4) is 0 Å². The van der Waals surface area contributed by atoms with E-state index in [1.165, 1.54) is 25.7 Å². The van der Waals surface area contributed by atoms with Gasteiger partial charge in [-0.15, -0.1) is 0 Å². The van der Waals surface area contributed by atoms with Crippen LogP contribution in [0, 0.1) is 17.2 Å². The minimum Gasteiger partial charge on any atom is -0.378 e. The third-order valence-electron chi connectivity index (χ3n) is 3.39. The maximum Gasteiger partial charge on any atom is 0.133 e. The molecule has 0 spiro atoms. The molecule has 0 bridgehead atoms. The van der Waals surface area contributed by atoms with E-state index < -0.39 is 5.54 Å². The van der Waals surface area contributed by atoms with Crippen LogP contribution >= 0.6 is 0 Å². The van der Waals surface area contributed by atoms with E-state index in [9.17, 15) is 5.26 Å². The number of nitriles is 1. The molecule has 0 heterocycles. The predicted molar refractivity (Wildman–Crippen MR) is 69.7 cm³/mol. The number of ether oxygens (including phenoxy) is 1. The Balaban J connectivity index is 2.32. The van der Waals surface area contributed by atoms with Crippen molar-refractivity contribution in [1.29, 1.82) is 5.26 Å². The highest BCUT2D eigenvalue weighted by molar-refractivity contribution is 5.15. The van der Waals surface area contributed by atoms with Gasteiger partial charge in [-0.1, -0.05) is 26.7 Å². The van der Waals surface area contributed by atoms with Gasteiger partial charge in [0.25, 0.3) is 0 Å². The number of hydrogen-bond donors (Lipinski definition) is 1.